The lowest BCUT2D eigenvalue weighted by Crippen LogP contribution is -2.54. The predicted molar refractivity (Wildman–Crippen MR) is 76.4 cm³/mol. The predicted octanol–water partition coefficient (Wildman–Crippen LogP) is 2.11. The van der Waals surface area contributed by atoms with Gasteiger partial charge in [-0.2, -0.15) is 0 Å². The zero-order valence-corrected chi connectivity index (χ0v) is 12.6. The summed E-state index contributed by atoms with van der Waals surface area (Å²) in [6.07, 6.45) is 0. The molecule has 1 saturated heterocycles. The molecule has 1 aliphatic rings. The van der Waals surface area contributed by atoms with Crippen molar-refractivity contribution < 1.29 is 27.2 Å². The Kier molecular flexibility index (Phi) is 4.71. The van der Waals surface area contributed by atoms with Gasteiger partial charge in [0.05, 0.1) is 5.69 Å². The van der Waals surface area contributed by atoms with Gasteiger partial charge in [-0.05, 0) is 0 Å². The second-order valence-corrected chi connectivity index (χ2v) is 5.98. The van der Waals surface area contributed by atoms with Crippen LogP contribution in [0.5, 0.6) is 0 Å². The molecule has 2 amide bonds. The third kappa shape index (κ3) is 2.93. The van der Waals surface area contributed by atoms with Crippen molar-refractivity contribution in [2.75, 3.05) is 10.7 Å². The van der Waals surface area contributed by atoms with Crippen molar-refractivity contribution >= 4 is 45.8 Å². The molecule has 1 atom stereocenters. The summed E-state index contributed by atoms with van der Waals surface area (Å²) in [7, 11) is 0. The van der Waals surface area contributed by atoms with Gasteiger partial charge in [0.25, 0.3) is 5.91 Å². The van der Waals surface area contributed by atoms with E-state index in [4.69, 9.17) is 12.2 Å². The van der Waals surface area contributed by atoms with Crippen molar-refractivity contribution in [1.29, 1.82) is 0 Å². The molecule has 1 aromatic rings. The Labute approximate surface area is 131 Å². The molecule has 2 rings (SSSR count). The van der Waals surface area contributed by atoms with Crippen LogP contribution in [0.2, 0.25) is 0 Å². The van der Waals surface area contributed by atoms with Crippen LogP contribution in [0.4, 0.5) is 23.2 Å². The van der Waals surface area contributed by atoms with Crippen LogP contribution in [0, 0.1) is 23.3 Å². The number of thioether (sulfide) groups is 1. The van der Waals surface area contributed by atoms with Crippen molar-refractivity contribution in [2.45, 2.75) is 13.0 Å². The van der Waals surface area contributed by atoms with Gasteiger partial charge in [0.2, 0.25) is 5.91 Å². The fraction of sp³-hybridized carbons (Fsp3) is 0.250. The smallest absolute Gasteiger partial charge is 0.256 e. The average Bonchev–Trinajstić information content (AvgIpc) is 2.45. The van der Waals surface area contributed by atoms with Gasteiger partial charge in [0.1, 0.15) is 10.4 Å². The molecule has 1 N–H and O–H groups in total. The van der Waals surface area contributed by atoms with E-state index in [9.17, 15) is 27.2 Å². The third-order valence-corrected chi connectivity index (χ3v) is 4.24. The van der Waals surface area contributed by atoms with E-state index in [1.165, 1.54) is 6.92 Å². The molecule has 1 aromatic carbocycles. The maximum atomic E-state index is 13.8. The van der Waals surface area contributed by atoms with Crippen molar-refractivity contribution in [3.8, 4) is 0 Å². The highest BCUT2D eigenvalue weighted by molar-refractivity contribution is 8.23. The third-order valence-electron chi connectivity index (χ3n) is 2.78. The molecular formula is C12H8F4N2O2S2. The van der Waals surface area contributed by atoms with Gasteiger partial charge in [-0.15, -0.1) is 0 Å². The Hall–Kier alpha value is -1.68. The number of carbonyl (C=O) groups excluding carboxylic acids is 2. The SMILES string of the molecule is CC(=O)NC1CSC(=S)N(c2cc(F)c(F)c(F)c2F)C1=O. The lowest BCUT2D eigenvalue weighted by molar-refractivity contribution is -0.125. The van der Waals surface area contributed by atoms with E-state index >= 15 is 0 Å². The summed E-state index contributed by atoms with van der Waals surface area (Å²) in [5.41, 5.74) is -0.839. The quantitative estimate of drug-likeness (QED) is 0.383. The van der Waals surface area contributed by atoms with E-state index in [1.54, 1.807) is 0 Å². The van der Waals surface area contributed by atoms with Gasteiger partial charge in [-0.1, -0.05) is 24.0 Å². The lowest BCUT2D eigenvalue weighted by Gasteiger charge is -2.32. The molecule has 0 radical (unpaired) electrons. The number of hydrogen-bond acceptors (Lipinski definition) is 4. The van der Waals surface area contributed by atoms with E-state index in [0.29, 0.717) is 11.0 Å². The van der Waals surface area contributed by atoms with Gasteiger partial charge in [0.15, 0.2) is 23.3 Å². The van der Waals surface area contributed by atoms with Crippen molar-refractivity contribution in [3.63, 3.8) is 0 Å². The number of carbonyl (C=O) groups is 2. The molecule has 118 valence electrons. The maximum absolute atomic E-state index is 13.8. The number of thiocarbonyl (C=S) groups is 1. The Morgan fingerprint density at radius 2 is 1.95 bits per heavy atom. The normalized spacial score (nSPS) is 18.6. The van der Waals surface area contributed by atoms with Crippen LogP contribution in [-0.2, 0) is 9.59 Å². The van der Waals surface area contributed by atoms with Gasteiger partial charge < -0.3 is 5.32 Å². The summed E-state index contributed by atoms with van der Waals surface area (Å²) >= 11 is 5.80. The molecule has 0 saturated carbocycles. The molecule has 1 unspecified atom stereocenters. The van der Waals surface area contributed by atoms with Crippen molar-refractivity contribution in [1.82, 2.24) is 5.32 Å². The lowest BCUT2D eigenvalue weighted by atomic mass is 10.2. The summed E-state index contributed by atoms with van der Waals surface area (Å²) in [5, 5.41) is 2.32. The number of hydrogen-bond donors (Lipinski definition) is 1. The van der Waals surface area contributed by atoms with Gasteiger partial charge in [-0.3, -0.25) is 14.5 Å². The van der Waals surface area contributed by atoms with Gasteiger partial charge >= 0.3 is 0 Å². The molecule has 1 heterocycles. The number of rotatable bonds is 2. The summed E-state index contributed by atoms with van der Waals surface area (Å²) in [5.74, 6) is -8.69. The topological polar surface area (TPSA) is 49.4 Å². The zero-order chi connectivity index (χ0) is 16.6. The molecule has 10 heteroatoms. The van der Waals surface area contributed by atoms with Crippen molar-refractivity contribution in [3.05, 3.63) is 29.3 Å². The Bertz CT molecular complexity index is 684. The second-order valence-electron chi connectivity index (χ2n) is 4.32. The molecule has 1 aliphatic heterocycles. The number of nitrogens with zero attached hydrogens (tertiary/aromatic N) is 1. The van der Waals surface area contributed by atoms with E-state index in [1.807, 2.05) is 0 Å². The van der Waals surface area contributed by atoms with Crippen LogP contribution in [0.25, 0.3) is 0 Å². The summed E-state index contributed by atoms with van der Waals surface area (Å²) in [4.78, 5) is 23.8. The minimum atomic E-state index is -2.04. The Morgan fingerprint density at radius 1 is 1.32 bits per heavy atom. The molecule has 0 spiro atoms. The van der Waals surface area contributed by atoms with E-state index < -0.39 is 46.8 Å². The molecule has 0 aliphatic carbocycles. The number of halogens is 4. The maximum Gasteiger partial charge on any atom is 0.256 e. The van der Waals surface area contributed by atoms with Crippen LogP contribution >= 0.6 is 24.0 Å². The minimum Gasteiger partial charge on any atom is -0.344 e. The second kappa shape index (κ2) is 6.21. The number of nitrogens with one attached hydrogen (secondary N) is 1. The number of amides is 2. The fourth-order valence-corrected chi connectivity index (χ4v) is 3.07. The monoisotopic (exact) mass is 352 g/mol. The molecule has 4 nitrogen and oxygen atoms in total. The largest absolute Gasteiger partial charge is 0.344 e. The van der Waals surface area contributed by atoms with Crippen LogP contribution in [-0.4, -0.2) is 27.9 Å². The molecule has 0 aromatic heterocycles. The van der Waals surface area contributed by atoms with Crippen LogP contribution in [0.1, 0.15) is 6.92 Å². The standard InChI is InChI=1S/C12H8F4N2O2S2/c1-4(19)17-6-3-22-12(21)18(11(6)20)7-2-5(13)8(14)10(16)9(7)15/h2,6H,3H2,1H3,(H,17,19). The average molecular weight is 352 g/mol. The van der Waals surface area contributed by atoms with Gasteiger partial charge in [-0.25, -0.2) is 17.6 Å². The minimum absolute atomic E-state index is 0.0987. The first-order chi connectivity index (χ1) is 10.2. The highest BCUT2D eigenvalue weighted by atomic mass is 32.2. The van der Waals surface area contributed by atoms with Crippen LogP contribution in [0.15, 0.2) is 6.07 Å². The van der Waals surface area contributed by atoms with E-state index in [0.717, 1.165) is 11.8 Å². The van der Waals surface area contributed by atoms with E-state index in [-0.39, 0.29) is 10.1 Å². The first-order valence-electron chi connectivity index (χ1n) is 5.84. The van der Waals surface area contributed by atoms with Crippen LogP contribution < -0.4 is 10.2 Å². The van der Waals surface area contributed by atoms with Gasteiger partial charge in [0, 0.05) is 18.7 Å². The Morgan fingerprint density at radius 3 is 2.55 bits per heavy atom. The summed E-state index contributed by atoms with van der Waals surface area (Å²) in [6.45, 7) is 1.17. The first-order valence-corrected chi connectivity index (χ1v) is 7.24. The number of benzene rings is 1. The number of anilines is 1. The molecule has 22 heavy (non-hydrogen) atoms. The highest BCUT2D eigenvalue weighted by Crippen LogP contribution is 2.31. The summed E-state index contributed by atoms with van der Waals surface area (Å²) < 4.78 is 53.3. The first kappa shape index (κ1) is 16.7. The highest BCUT2D eigenvalue weighted by Gasteiger charge is 2.37. The fourth-order valence-electron chi connectivity index (χ4n) is 1.83. The summed E-state index contributed by atoms with van der Waals surface area (Å²) in [6, 6.07) is -0.695. The molecular weight excluding hydrogens is 344 g/mol. The van der Waals surface area contributed by atoms with Crippen LogP contribution in [0.3, 0.4) is 0 Å². The van der Waals surface area contributed by atoms with Crippen molar-refractivity contribution in [2.24, 2.45) is 0 Å². The zero-order valence-electron chi connectivity index (χ0n) is 11.0. The molecule has 0 bridgehead atoms. The molecule has 1 fully saturated rings. The van der Waals surface area contributed by atoms with E-state index in [2.05, 4.69) is 5.32 Å². The Balaban J connectivity index is 2.47.